The first-order valence-corrected chi connectivity index (χ1v) is 13.4. The van der Waals surface area contributed by atoms with E-state index in [-0.39, 0.29) is 24.5 Å². The van der Waals surface area contributed by atoms with E-state index < -0.39 is 0 Å². The number of carbonyl (C=O) groups is 2. The quantitative estimate of drug-likeness (QED) is 0.285. The Bertz CT molecular complexity index is 1440. The topological polar surface area (TPSA) is 66.8 Å². The molecule has 0 aliphatic carbocycles. The number of fused-ring (bicyclic) bond motifs is 3. The van der Waals surface area contributed by atoms with Gasteiger partial charge in [0.2, 0.25) is 5.91 Å². The Hall–Kier alpha value is -4.52. The van der Waals surface area contributed by atoms with Gasteiger partial charge in [0.25, 0.3) is 0 Å². The van der Waals surface area contributed by atoms with Gasteiger partial charge in [0.1, 0.15) is 18.3 Å². The van der Waals surface area contributed by atoms with Crippen molar-refractivity contribution in [1.82, 2.24) is 9.47 Å². The van der Waals surface area contributed by atoms with Gasteiger partial charge in [-0.05, 0) is 67.4 Å². The van der Waals surface area contributed by atoms with E-state index in [2.05, 4.69) is 54.1 Å². The van der Waals surface area contributed by atoms with Gasteiger partial charge in [0, 0.05) is 18.4 Å². The third-order valence-electron chi connectivity index (χ3n) is 7.12. The second-order valence-electron chi connectivity index (χ2n) is 9.80. The van der Waals surface area contributed by atoms with E-state index >= 15 is 0 Å². The van der Waals surface area contributed by atoms with Gasteiger partial charge < -0.3 is 19.5 Å². The van der Waals surface area contributed by atoms with Crippen LogP contribution in [0.3, 0.4) is 0 Å². The minimum Gasteiger partial charge on any atom is -0.497 e. The Morgan fingerprint density at radius 3 is 2.33 bits per heavy atom. The number of nitrogens with zero attached hydrogens (tertiary/aromatic N) is 3. The molecule has 1 aliphatic rings. The fourth-order valence-electron chi connectivity index (χ4n) is 5.04. The van der Waals surface area contributed by atoms with E-state index in [4.69, 9.17) is 4.74 Å². The molecular weight excluding hydrogens is 488 g/mol. The van der Waals surface area contributed by atoms with Crippen LogP contribution in [-0.4, -0.2) is 41.6 Å². The molecule has 0 radical (unpaired) electrons. The molecule has 1 atom stereocenters. The predicted octanol–water partition coefficient (Wildman–Crippen LogP) is 6.56. The van der Waals surface area contributed by atoms with Crippen LogP contribution in [0.5, 0.6) is 5.75 Å². The number of methoxy groups -OCH3 is 1. The van der Waals surface area contributed by atoms with Crippen LogP contribution in [-0.2, 0) is 4.79 Å². The van der Waals surface area contributed by atoms with Gasteiger partial charge in [-0.1, -0.05) is 55.3 Å². The largest absolute Gasteiger partial charge is 0.497 e. The molecule has 7 heteroatoms. The van der Waals surface area contributed by atoms with E-state index in [0.29, 0.717) is 18.0 Å². The number of anilines is 2. The molecule has 4 aromatic rings. The van der Waals surface area contributed by atoms with Crippen LogP contribution < -0.4 is 15.0 Å². The first-order valence-electron chi connectivity index (χ1n) is 13.4. The molecule has 3 amide bonds. The Kier molecular flexibility index (Phi) is 7.68. The first kappa shape index (κ1) is 26.1. The maximum Gasteiger partial charge on any atom is 0.322 e. The molecule has 3 aromatic carbocycles. The molecule has 0 saturated carbocycles. The lowest BCUT2D eigenvalue weighted by atomic mass is 9.97. The van der Waals surface area contributed by atoms with Gasteiger partial charge >= 0.3 is 6.03 Å². The number of urea groups is 1. The average Bonchev–Trinajstić information content (AvgIpc) is 3.45. The zero-order valence-electron chi connectivity index (χ0n) is 22.6. The van der Waals surface area contributed by atoms with Gasteiger partial charge in [-0.2, -0.15) is 0 Å². The zero-order valence-corrected chi connectivity index (χ0v) is 22.6. The molecule has 0 saturated heterocycles. The lowest BCUT2D eigenvalue weighted by molar-refractivity contribution is -0.119. The number of rotatable bonds is 8. The third-order valence-corrected chi connectivity index (χ3v) is 7.12. The number of unbranched alkanes of at least 4 members (excludes halogenated alkanes) is 1. The Morgan fingerprint density at radius 1 is 0.923 bits per heavy atom. The second-order valence-corrected chi connectivity index (χ2v) is 9.80. The predicted molar refractivity (Wildman–Crippen MR) is 155 cm³/mol. The van der Waals surface area contributed by atoms with E-state index in [9.17, 15) is 9.59 Å². The molecule has 0 spiro atoms. The summed E-state index contributed by atoms with van der Waals surface area (Å²) < 4.78 is 7.37. The van der Waals surface area contributed by atoms with Crippen molar-refractivity contribution in [2.24, 2.45) is 0 Å². The van der Waals surface area contributed by atoms with Crippen LogP contribution in [0, 0.1) is 6.92 Å². The van der Waals surface area contributed by atoms with Crippen molar-refractivity contribution < 1.29 is 14.3 Å². The van der Waals surface area contributed by atoms with Crippen LogP contribution in [0.2, 0.25) is 0 Å². The summed E-state index contributed by atoms with van der Waals surface area (Å²) in [5, 5.41) is 2.95. The van der Waals surface area contributed by atoms with E-state index in [1.54, 1.807) is 36.3 Å². The Balaban J connectivity index is 1.48. The van der Waals surface area contributed by atoms with Gasteiger partial charge in [0.05, 0.1) is 24.2 Å². The number of hydrogen-bond donors (Lipinski definition) is 1. The van der Waals surface area contributed by atoms with Gasteiger partial charge in [-0.3, -0.25) is 9.69 Å². The zero-order chi connectivity index (χ0) is 27.4. The number of aromatic nitrogens is 1. The second kappa shape index (κ2) is 11.5. The number of hydrogen-bond acceptors (Lipinski definition) is 3. The van der Waals surface area contributed by atoms with Crippen LogP contribution in [0.1, 0.15) is 42.6 Å². The van der Waals surface area contributed by atoms with Crippen molar-refractivity contribution in [1.29, 1.82) is 0 Å². The molecule has 1 unspecified atom stereocenters. The molecular formula is C32H34N4O3. The summed E-state index contributed by atoms with van der Waals surface area (Å²) in [4.78, 5) is 31.1. The minimum atomic E-state index is -0.319. The summed E-state index contributed by atoms with van der Waals surface area (Å²) in [6, 6.07) is 26.9. The van der Waals surface area contributed by atoms with Gasteiger partial charge in [0.15, 0.2) is 0 Å². The highest BCUT2D eigenvalue weighted by molar-refractivity contribution is 6.01. The van der Waals surface area contributed by atoms with Crippen LogP contribution >= 0.6 is 0 Å². The molecule has 1 N–H and O–H groups in total. The van der Waals surface area contributed by atoms with E-state index in [1.165, 1.54) is 0 Å². The summed E-state index contributed by atoms with van der Waals surface area (Å²) in [6.45, 7) is 4.56. The van der Waals surface area contributed by atoms with Crippen molar-refractivity contribution in [3.05, 3.63) is 108 Å². The van der Waals surface area contributed by atoms with Crippen molar-refractivity contribution >= 4 is 23.3 Å². The van der Waals surface area contributed by atoms with Gasteiger partial charge in [-0.15, -0.1) is 0 Å². The first-order chi connectivity index (χ1) is 19.0. The Morgan fingerprint density at radius 2 is 1.64 bits per heavy atom. The number of amides is 3. The summed E-state index contributed by atoms with van der Waals surface area (Å²) in [5.41, 5.74) is 5.59. The monoisotopic (exact) mass is 522 g/mol. The number of aryl methyl sites for hydroxylation is 1. The lowest BCUT2D eigenvalue weighted by Gasteiger charge is -2.39. The van der Waals surface area contributed by atoms with Crippen molar-refractivity contribution in [3.8, 4) is 11.4 Å². The molecule has 39 heavy (non-hydrogen) atoms. The molecule has 200 valence electrons. The molecule has 0 bridgehead atoms. The molecule has 7 nitrogen and oxygen atoms in total. The fraction of sp³-hybridized carbons (Fsp3) is 0.250. The molecule has 5 rings (SSSR count). The standard InChI is InChI=1S/C32H34N4O3/c1-4-5-20-34(32(38)33-25-16-18-26(39-3)19-17-25)22-30(37)36-28-10-7-6-9-27(28)35-21-8-11-29(35)31(36)24-14-12-23(2)13-15-24/h6-19,21,31H,4-5,20,22H2,1-3H3,(H,33,38). The highest BCUT2D eigenvalue weighted by atomic mass is 16.5. The smallest absolute Gasteiger partial charge is 0.322 e. The summed E-state index contributed by atoms with van der Waals surface area (Å²) in [5.74, 6) is 0.572. The maximum absolute atomic E-state index is 14.2. The highest BCUT2D eigenvalue weighted by Gasteiger charge is 2.36. The third kappa shape index (κ3) is 5.39. The normalized spacial score (nSPS) is 13.8. The number of nitrogens with one attached hydrogen (secondary N) is 1. The van der Waals surface area contributed by atoms with E-state index in [0.717, 1.165) is 41.0 Å². The van der Waals surface area contributed by atoms with Crippen LogP contribution in [0.15, 0.2) is 91.1 Å². The number of carbonyl (C=O) groups excluding carboxylic acids is 2. The van der Waals surface area contributed by atoms with Gasteiger partial charge in [-0.25, -0.2) is 4.79 Å². The molecule has 1 aliphatic heterocycles. The summed E-state index contributed by atoms with van der Waals surface area (Å²) >= 11 is 0. The molecule has 0 fully saturated rings. The van der Waals surface area contributed by atoms with Crippen LogP contribution in [0.25, 0.3) is 5.69 Å². The molecule has 2 heterocycles. The number of para-hydroxylation sites is 2. The molecule has 1 aromatic heterocycles. The van der Waals surface area contributed by atoms with Crippen molar-refractivity contribution in [2.75, 3.05) is 30.4 Å². The average molecular weight is 523 g/mol. The SMILES string of the molecule is CCCCN(CC(=O)N1c2ccccc2-n2cccc2C1c1ccc(C)cc1)C(=O)Nc1ccc(OC)cc1. The fourth-order valence-corrected chi connectivity index (χ4v) is 5.04. The van der Waals surface area contributed by atoms with E-state index in [1.807, 2.05) is 41.4 Å². The minimum absolute atomic E-state index is 0.0423. The van der Waals surface area contributed by atoms with Crippen molar-refractivity contribution in [3.63, 3.8) is 0 Å². The number of ether oxygens (including phenoxy) is 1. The van der Waals surface area contributed by atoms with Crippen molar-refractivity contribution in [2.45, 2.75) is 32.7 Å². The maximum atomic E-state index is 14.2. The van der Waals surface area contributed by atoms with Crippen LogP contribution in [0.4, 0.5) is 16.2 Å². The Labute approximate surface area is 229 Å². The number of benzene rings is 3. The summed E-state index contributed by atoms with van der Waals surface area (Å²) in [6.07, 6.45) is 3.74. The summed E-state index contributed by atoms with van der Waals surface area (Å²) in [7, 11) is 1.60. The lowest BCUT2D eigenvalue weighted by Crippen LogP contribution is -2.48. The highest BCUT2D eigenvalue weighted by Crippen LogP contribution is 2.42.